The molecule has 1 aromatic rings. The second kappa shape index (κ2) is 6.40. The van der Waals surface area contributed by atoms with E-state index < -0.39 is 0 Å². The molecule has 0 spiro atoms. The Hall–Kier alpha value is -2.37. The molecule has 122 valence electrons. The molecule has 0 aliphatic carbocycles. The molecule has 3 rings (SSSR count). The van der Waals surface area contributed by atoms with Crippen molar-refractivity contribution in [1.29, 1.82) is 0 Å². The first-order chi connectivity index (χ1) is 11.1. The van der Waals surface area contributed by atoms with Crippen molar-refractivity contribution >= 4 is 17.8 Å². The van der Waals surface area contributed by atoms with Gasteiger partial charge in [-0.15, -0.1) is 0 Å². The predicted molar refractivity (Wildman–Crippen MR) is 84.5 cm³/mol. The number of amides is 4. The SMILES string of the molecule is CN1CC(=O)N(CCCC(=O)N2CCC2c2ccccc2)C1=O. The number of rotatable bonds is 5. The quantitative estimate of drug-likeness (QED) is 0.776. The Bertz CT molecular complexity index is 617. The van der Waals surface area contributed by atoms with Crippen molar-refractivity contribution in [3.63, 3.8) is 0 Å². The van der Waals surface area contributed by atoms with Gasteiger partial charge >= 0.3 is 6.03 Å². The summed E-state index contributed by atoms with van der Waals surface area (Å²) < 4.78 is 0. The Morgan fingerprint density at radius 3 is 2.52 bits per heavy atom. The molecule has 6 heteroatoms. The minimum Gasteiger partial charge on any atom is -0.336 e. The molecule has 0 radical (unpaired) electrons. The van der Waals surface area contributed by atoms with Crippen LogP contribution in [0.4, 0.5) is 4.79 Å². The topological polar surface area (TPSA) is 60.9 Å². The lowest BCUT2D eigenvalue weighted by atomic mass is 9.94. The third-order valence-corrected chi connectivity index (χ3v) is 4.53. The van der Waals surface area contributed by atoms with Gasteiger partial charge in [0.25, 0.3) is 0 Å². The fraction of sp³-hybridized carbons (Fsp3) is 0.471. The van der Waals surface area contributed by atoms with E-state index in [9.17, 15) is 14.4 Å². The summed E-state index contributed by atoms with van der Waals surface area (Å²) in [5, 5.41) is 0. The first-order valence-corrected chi connectivity index (χ1v) is 7.98. The van der Waals surface area contributed by atoms with Crippen molar-refractivity contribution in [3.05, 3.63) is 35.9 Å². The zero-order valence-electron chi connectivity index (χ0n) is 13.3. The Balaban J connectivity index is 1.49. The Kier molecular flexibility index (Phi) is 4.32. The number of carbonyl (C=O) groups is 3. The van der Waals surface area contributed by atoms with Crippen LogP contribution in [0.25, 0.3) is 0 Å². The summed E-state index contributed by atoms with van der Waals surface area (Å²) in [6, 6.07) is 9.92. The second-order valence-corrected chi connectivity index (χ2v) is 6.09. The highest BCUT2D eigenvalue weighted by Crippen LogP contribution is 2.33. The maximum absolute atomic E-state index is 12.3. The number of likely N-dealkylation sites (N-methyl/N-ethyl adjacent to an activating group) is 1. The molecule has 2 saturated heterocycles. The highest BCUT2D eigenvalue weighted by Gasteiger charge is 2.35. The van der Waals surface area contributed by atoms with Gasteiger partial charge in [-0.25, -0.2) is 4.79 Å². The van der Waals surface area contributed by atoms with E-state index in [0.717, 1.165) is 13.0 Å². The summed E-state index contributed by atoms with van der Waals surface area (Å²) in [4.78, 5) is 40.3. The number of nitrogens with zero attached hydrogens (tertiary/aromatic N) is 3. The summed E-state index contributed by atoms with van der Waals surface area (Å²) >= 11 is 0. The van der Waals surface area contributed by atoms with Crippen LogP contribution in [0, 0.1) is 0 Å². The summed E-state index contributed by atoms with van der Waals surface area (Å²) in [7, 11) is 1.61. The number of carbonyl (C=O) groups excluding carboxylic acids is 3. The third kappa shape index (κ3) is 3.06. The van der Waals surface area contributed by atoms with Gasteiger partial charge in [0.2, 0.25) is 11.8 Å². The van der Waals surface area contributed by atoms with Gasteiger partial charge in [-0.3, -0.25) is 14.5 Å². The van der Waals surface area contributed by atoms with Gasteiger partial charge in [0.1, 0.15) is 6.54 Å². The van der Waals surface area contributed by atoms with Crippen LogP contribution in [-0.2, 0) is 9.59 Å². The lowest BCUT2D eigenvalue weighted by molar-refractivity contribution is -0.139. The van der Waals surface area contributed by atoms with Crippen LogP contribution < -0.4 is 0 Å². The predicted octanol–water partition coefficient (Wildman–Crippen LogP) is 1.63. The van der Waals surface area contributed by atoms with Crippen molar-refractivity contribution in [1.82, 2.24) is 14.7 Å². The smallest absolute Gasteiger partial charge is 0.326 e. The summed E-state index contributed by atoms with van der Waals surface area (Å²) in [5.41, 5.74) is 1.17. The Morgan fingerprint density at radius 1 is 1.22 bits per heavy atom. The van der Waals surface area contributed by atoms with Crippen LogP contribution in [0.3, 0.4) is 0 Å². The van der Waals surface area contributed by atoms with Gasteiger partial charge in [0, 0.05) is 26.6 Å². The molecule has 1 aromatic carbocycles. The first-order valence-electron chi connectivity index (χ1n) is 7.98. The van der Waals surface area contributed by atoms with E-state index in [0.29, 0.717) is 19.4 Å². The molecular formula is C17H21N3O3. The number of likely N-dealkylation sites (tertiary alicyclic amines) is 1. The molecule has 4 amide bonds. The van der Waals surface area contributed by atoms with Crippen molar-refractivity contribution in [2.24, 2.45) is 0 Å². The summed E-state index contributed by atoms with van der Waals surface area (Å²) in [6.07, 6.45) is 1.87. The van der Waals surface area contributed by atoms with Crippen molar-refractivity contribution in [3.8, 4) is 0 Å². The molecule has 0 bridgehead atoms. The maximum atomic E-state index is 12.3. The third-order valence-electron chi connectivity index (χ3n) is 4.53. The minimum atomic E-state index is -0.270. The zero-order valence-corrected chi connectivity index (χ0v) is 13.3. The minimum absolute atomic E-state index is 0.0950. The monoisotopic (exact) mass is 315 g/mol. The summed E-state index contributed by atoms with van der Waals surface area (Å²) in [5.74, 6) is -0.0892. The van der Waals surface area contributed by atoms with Gasteiger partial charge in [-0.1, -0.05) is 30.3 Å². The molecule has 23 heavy (non-hydrogen) atoms. The highest BCUT2D eigenvalue weighted by molar-refractivity contribution is 6.01. The largest absolute Gasteiger partial charge is 0.336 e. The van der Waals surface area contributed by atoms with Crippen molar-refractivity contribution in [2.45, 2.75) is 25.3 Å². The fourth-order valence-corrected chi connectivity index (χ4v) is 3.13. The highest BCUT2D eigenvalue weighted by atomic mass is 16.2. The van der Waals surface area contributed by atoms with Gasteiger partial charge in [0.05, 0.1) is 6.04 Å². The molecular weight excluding hydrogens is 294 g/mol. The lowest BCUT2D eigenvalue weighted by Crippen LogP contribution is -2.45. The average molecular weight is 315 g/mol. The Labute approximate surface area is 135 Å². The number of urea groups is 1. The van der Waals surface area contributed by atoms with Crippen LogP contribution in [-0.4, -0.2) is 59.2 Å². The number of imide groups is 1. The van der Waals surface area contributed by atoms with E-state index in [4.69, 9.17) is 0 Å². The van der Waals surface area contributed by atoms with Gasteiger partial charge in [0.15, 0.2) is 0 Å². The van der Waals surface area contributed by atoms with Crippen LogP contribution in [0.15, 0.2) is 30.3 Å². The van der Waals surface area contributed by atoms with Crippen molar-refractivity contribution in [2.75, 3.05) is 26.7 Å². The van der Waals surface area contributed by atoms with E-state index in [-0.39, 0.29) is 30.4 Å². The standard InChI is InChI=1S/C17H21N3O3/c1-18-12-16(22)20(17(18)23)10-5-8-15(21)19-11-9-14(19)13-6-3-2-4-7-13/h2-4,6-7,14H,5,8-12H2,1H3. The van der Waals surface area contributed by atoms with Crippen LogP contribution in [0.2, 0.25) is 0 Å². The normalized spacial score (nSPS) is 20.9. The zero-order chi connectivity index (χ0) is 16.4. The second-order valence-electron chi connectivity index (χ2n) is 6.09. The summed E-state index contributed by atoms with van der Waals surface area (Å²) in [6.45, 7) is 1.23. The maximum Gasteiger partial charge on any atom is 0.326 e. The lowest BCUT2D eigenvalue weighted by Gasteiger charge is -2.41. The van der Waals surface area contributed by atoms with Crippen LogP contribution in [0.1, 0.15) is 30.9 Å². The van der Waals surface area contributed by atoms with E-state index in [1.165, 1.54) is 15.4 Å². The Morgan fingerprint density at radius 2 is 1.96 bits per heavy atom. The average Bonchev–Trinajstić information content (AvgIpc) is 2.73. The molecule has 0 aromatic heterocycles. The van der Waals surface area contributed by atoms with Crippen molar-refractivity contribution < 1.29 is 14.4 Å². The number of benzene rings is 1. The molecule has 0 N–H and O–H groups in total. The molecule has 1 atom stereocenters. The van der Waals surface area contributed by atoms with E-state index in [2.05, 4.69) is 0 Å². The molecule has 2 aliphatic heterocycles. The van der Waals surface area contributed by atoms with Crippen LogP contribution in [0.5, 0.6) is 0 Å². The fourth-order valence-electron chi connectivity index (χ4n) is 3.13. The van der Waals surface area contributed by atoms with Gasteiger partial charge in [-0.05, 0) is 18.4 Å². The number of hydrogen-bond donors (Lipinski definition) is 0. The molecule has 0 saturated carbocycles. The van der Waals surface area contributed by atoms with E-state index >= 15 is 0 Å². The molecule has 2 heterocycles. The van der Waals surface area contributed by atoms with Gasteiger partial charge in [-0.2, -0.15) is 0 Å². The molecule has 2 aliphatic rings. The van der Waals surface area contributed by atoms with E-state index in [1.807, 2.05) is 35.2 Å². The molecule has 2 fully saturated rings. The molecule has 6 nitrogen and oxygen atoms in total. The van der Waals surface area contributed by atoms with Crippen LogP contribution >= 0.6 is 0 Å². The van der Waals surface area contributed by atoms with Gasteiger partial charge < -0.3 is 9.80 Å². The van der Waals surface area contributed by atoms with E-state index in [1.54, 1.807) is 7.05 Å². The molecule has 1 unspecified atom stereocenters. The first kappa shape index (κ1) is 15.5. The number of hydrogen-bond acceptors (Lipinski definition) is 3.